The molecule has 0 aliphatic rings. The van der Waals surface area contributed by atoms with Crippen LogP contribution in [0.25, 0.3) is 0 Å². The monoisotopic (exact) mass is 375 g/mol. The molecule has 0 radical (unpaired) electrons. The number of halogens is 1. The van der Waals surface area contributed by atoms with Gasteiger partial charge in [-0.2, -0.15) is 0 Å². The molecule has 5 nitrogen and oxygen atoms in total. The molecule has 0 aliphatic carbocycles. The summed E-state index contributed by atoms with van der Waals surface area (Å²) in [5, 5.41) is 3.27. The Labute approximate surface area is 158 Å². The summed E-state index contributed by atoms with van der Waals surface area (Å²) in [5.74, 6) is -0.0538. The molecule has 2 aromatic rings. The van der Waals surface area contributed by atoms with Gasteiger partial charge in [0.15, 0.2) is 13.2 Å². The Bertz CT molecular complexity index is 728. The standard InChI is InChI=1S/C20H22ClNO4/c1-3-14(2)15-4-8-17(9-5-15)22-19(23)12-26-20(24)13-25-18-10-6-16(21)7-11-18/h4-11,14H,3,12-13H2,1-2H3,(H,22,23)/t14-/m1/s1. The Morgan fingerprint density at radius 1 is 1.04 bits per heavy atom. The minimum atomic E-state index is -0.623. The van der Waals surface area contributed by atoms with Crippen molar-refractivity contribution in [3.05, 3.63) is 59.1 Å². The Kier molecular flexibility index (Phi) is 7.48. The molecule has 2 aromatic carbocycles. The number of hydrogen-bond acceptors (Lipinski definition) is 4. The Morgan fingerprint density at radius 2 is 1.69 bits per heavy atom. The van der Waals surface area contributed by atoms with Crippen molar-refractivity contribution in [3.63, 3.8) is 0 Å². The first-order chi connectivity index (χ1) is 12.5. The highest BCUT2D eigenvalue weighted by atomic mass is 35.5. The van der Waals surface area contributed by atoms with E-state index in [1.54, 1.807) is 24.3 Å². The topological polar surface area (TPSA) is 64.6 Å². The molecule has 0 fully saturated rings. The van der Waals surface area contributed by atoms with Crippen LogP contribution in [0, 0.1) is 0 Å². The van der Waals surface area contributed by atoms with Crippen molar-refractivity contribution in [3.8, 4) is 5.75 Å². The second-order valence-electron chi connectivity index (χ2n) is 5.88. The first kappa shape index (κ1) is 19.8. The average Bonchev–Trinajstić information content (AvgIpc) is 2.66. The summed E-state index contributed by atoms with van der Waals surface area (Å²) in [7, 11) is 0. The van der Waals surface area contributed by atoms with Crippen molar-refractivity contribution in [2.24, 2.45) is 0 Å². The zero-order valence-corrected chi connectivity index (χ0v) is 15.6. The lowest BCUT2D eigenvalue weighted by molar-refractivity contribution is -0.149. The maximum Gasteiger partial charge on any atom is 0.344 e. The molecule has 0 bridgehead atoms. The van der Waals surface area contributed by atoms with Crippen molar-refractivity contribution in [2.45, 2.75) is 26.2 Å². The van der Waals surface area contributed by atoms with E-state index < -0.39 is 11.9 Å². The summed E-state index contributed by atoms with van der Waals surface area (Å²) in [4.78, 5) is 23.5. The number of carbonyl (C=O) groups excluding carboxylic acids is 2. The van der Waals surface area contributed by atoms with E-state index in [1.165, 1.54) is 5.56 Å². The predicted octanol–water partition coefficient (Wildman–Crippen LogP) is 4.41. The van der Waals surface area contributed by atoms with E-state index in [9.17, 15) is 9.59 Å². The third-order valence-electron chi connectivity index (χ3n) is 3.91. The summed E-state index contributed by atoms with van der Waals surface area (Å²) in [5.41, 5.74) is 1.88. The van der Waals surface area contributed by atoms with Crippen LogP contribution in [-0.4, -0.2) is 25.1 Å². The largest absolute Gasteiger partial charge is 0.482 e. The number of hydrogen-bond donors (Lipinski definition) is 1. The fraction of sp³-hybridized carbons (Fsp3) is 0.300. The molecule has 26 heavy (non-hydrogen) atoms. The molecule has 0 heterocycles. The molecule has 0 aromatic heterocycles. The molecule has 0 saturated carbocycles. The Hall–Kier alpha value is -2.53. The van der Waals surface area contributed by atoms with Crippen molar-refractivity contribution in [1.82, 2.24) is 0 Å². The van der Waals surface area contributed by atoms with Crippen molar-refractivity contribution < 1.29 is 19.1 Å². The lowest BCUT2D eigenvalue weighted by Gasteiger charge is -2.11. The van der Waals surface area contributed by atoms with Gasteiger partial charge in [0.25, 0.3) is 5.91 Å². The molecule has 138 valence electrons. The van der Waals surface area contributed by atoms with Gasteiger partial charge in [0.2, 0.25) is 0 Å². The van der Waals surface area contributed by atoms with Gasteiger partial charge < -0.3 is 14.8 Å². The van der Waals surface area contributed by atoms with E-state index in [-0.39, 0.29) is 13.2 Å². The van der Waals surface area contributed by atoms with E-state index in [2.05, 4.69) is 19.2 Å². The summed E-state index contributed by atoms with van der Waals surface area (Å²) < 4.78 is 10.2. The van der Waals surface area contributed by atoms with Gasteiger partial charge in [-0.05, 0) is 54.3 Å². The van der Waals surface area contributed by atoms with Crippen LogP contribution >= 0.6 is 11.6 Å². The summed E-state index contributed by atoms with van der Waals surface area (Å²) >= 11 is 5.77. The lowest BCUT2D eigenvalue weighted by atomic mass is 9.99. The lowest BCUT2D eigenvalue weighted by Crippen LogP contribution is -2.23. The van der Waals surface area contributed by atoms with E-state index >= 15 is 0 Å². The maximum atomic E-state index is 11.9. The molecule has 0 unspecified atom stereocenters. The number of ether oxygens (including phenoxy) is 2. The first-order valence-corrected chi connectivity index (χ1v) is 8.79. The highest BCUT2D eigenvalue weighted by Gasteiger charge is 2.09. The minimum absolute atomic E-state index is 0.279. The number of benzene rings is 2. The van der Waals surface area contributed by atoms with Crippen LogP contribution in [0.3, 0.4) is 0 Å². The van der Waals surface area contributed by atoms with Crippen LogP contribution in [0.5, 0.6) is 5.75 Å². The van der Waals surface area contributed by atoms with Crippen molar-refractivity contribution in [2.75, 3.05) is 18.5 Å². The van der Waals surface area contributed by atoms with Gasteiger partial charge in [0, 0.05) is 10.7 Å². The number of carbonyl (C=O) groups is 2. The smallest absolute Gasteiger partial charge is 0.344 e. The van der Waals surface area contributed by atoms with Crippen LogP contribution in [-0.2, 0) is 14.3 Å². The molecule has 0 aliphatic heterocycles. The fourth-order valence-electron chi connectivity index (χ4n) is 2.19. The van der Waals surface area contributed by atoms with Crippen LogP contribution in [0.4, 0.5) is 5.69 Å². The van der Waals surface area contributed by atoms with Crippen molar-refractivity contribution >= 4 is 29.2 Å². The summed E-state index contributed by atoms with van der Waals surface area (Å²) in [6.07, 6.45) is 1.06. The molecule has 1 amide bonds. The second kappa shape index (κ2) is 9.82. The van der Waals surface area contributed by atoms with Gasteiger partial charge in [-0.25, -0.2) is 4.79 Å². The van der Waals surface area contributed by atoms with Gasteiger partial charge in [-0.15, -0.1) is 0 Å². The Morgan fingerprint density at radius 3 is 2.31 bits per heavy atom. The number of anilines is 1. The van der Waals surface area contributed by atoms with E-state index in [4.69, 9.17) is 21.1 Å². The molecule has 0 spiro atoms. The molecule has 6 heteroatoms. The fourth-order valence-corrected chi connectivity index (χ4v) is 2.31. The zero-order valence-electron chi connectivity index (χ0n) is 14.8. The van der Waals surface area contributed by atoms with Gasteiger partial charge in [0.1, 0.15) is 5.75 Å². The van der Waals surface area contributed by atoms with Gasteiger partial charge in [-0.3, -0.25) is 4.79 Å². The normalized spacial score (nSPS) is 11.5. The number of amides is 1. The predicted molar refractivity (Wildman–Crippen MR) is 102 cm³/mol. The average molecular weight is 376 g/mol. The highest BCUT2D eigenvalue weighted by Crippen LogP contribution is 2.20. The Balaban J connectivity index is 1.72. The second-order valence-corrected chi connectivity index (χ2v) is 6.32. The third kappa shape index (κ3) is 6.41. The van der Waals surface area contributed by atoms with Crippen LogP contribution in [0.1, 0.15) is 31.7 Å². The van der Waals surface area contributed by atoms with Gasteiger partial charge in [0.05, 0.1) is 0 Å². The van der Waals surface area contributed by atoms with Crippen LogP contribution < -0.4 is 10.1 Å². The summed E-state index contributed by atoms with van der Waals surface area (Å²) in [6.45, 7) is 3.64. The highest BCUT2D eigenvalue weighted by molar-refractivity contribution is 6.30. The number of esters is 1. The van der Waals surface area contributed by atoms with E-state index in [0.717, 1.165) is 6.42 Å². The van der Waals surface area contributed by atoms with Crippen LogP contribution in [0.2, 0.25) is 5.02 Å². The quantitative estimate of drug-likeness (QED) is 0.694. The SMILES string of the molecule is CC[C@@H](C)c1ccc(NC(=O)COC(=O)COc2ccc(Cl)cc2)cc1. The maximum absolute atomic E-state index is 11.9. The van der Waals surface area contributed by atoms with E-state index in [1.807, 2.05) is 24.3 Å². The third-order valence-corrected chi connectivity index (χ3v) is 4.16. The zero-order chi connectivity index (χ0) is 18.9. The van der Waals surface area contributed by atoms with Crippen molar-refractivity contribution in [1.29, 1.82) is 0 Å². The molecule has 0 saturated heterocycles. The molecular weight excluding hydrogens is 354 g/mol. The van der Waals surface area contributed by atoms with Crippen LogP contribution in [0.15, 0.2) is 48.5 Å². The van der Waals surface area contributed by atoms with E-state index in [0.29, 0.717) is 22.4 Å². The number of nitrogens with one attached hydrogen (secondary N) is 1. The molecule has 1 N–H and O–H groups in total. The summed E-state index contributed by atoms with van der Waals surface area (Å²) in [6, 6.07) is 14.2. The minimum Gasteiger partial charge on any atom is -0.482 e. The molecule has 2 rings (SSSR count). The van der Waals surface area contributed by atoms with Gasteiger partial charge >= 0.3 is 5.97 Å². The molecule has 1 atom stereocenters. The molecular formula is C20H22ClNO4. The number of rotatable bonds is 8. The van der Waals surface area contributed by atoms with Gasteiger partial charge in [-0.1, -0.05) is 37.6 Å². The first-order valence-electron chi connectivity index (χ1n) is 8.41.